The molecule has 146 valence electrons. The van der Waals surface area contributed by atoms with Gasteiger partial charge in [-0.1, -0.05) is 37.6 Å². The number of urea groups is 1. The van der Waals surface area contributed by atoms with Crippen molar-refractivity contribution in [3.05, 3.63) is 34.9 Å². The zero-order valence-corrected chi connectivity index (χ0v) is 16.5. The van der Waals surface area contributed by atoms with Crippen LogP contribution in [-0.2, 0) is 9.59 Å². The first-order valence-corrected chi connectivity index (χ1v) is 9.91. The van der Waals surface area contributed by atoms with Gasteiger partial charge in [0.15, 0.2) is 0 Å². The van der Waals surface area contributed by atoms with E-state index in [1.54, 1.807) is 6.07 Å². The van der Waals surface area contributed by atoms with E-state index in [1.807, 2.05) is 25.1 Å². The Morgan fingerprint density at radius 3 is 2.70 bits per heavy atom. The zero-order valence-electron chi connectivity index (χ0n) is 15.8. The van der Waals surface area contributed by atoms with Crippen molar-refractivity contribution in [3.63, 3.8) is 0 Å². The molecule has 0 radical (unpaired) electrons. The van der Waals surface area contributed by atoms with Gasteiger partial charge in [0.1, 0.15) is 12.1 Å². The molecular formula is C20H26ClN3O3. The van der Waals surface area contributed by atoms with Crippen molar-refractivity contribution >= 4 is 29.4 Å². The van der Waals surface area contributed by atoms with Crippen LogP contribution in [-0.4, -0.2) is 34.8 Å². The second-order valence-corrected chi connectivity index (χ2v) is 8.11. The first-order valence-electron chi connectivity index (χ1n) is 9.53. The van der Waals surface area contributed by atoms with Gasteiger partial charge in [0.25, 0.3) is 5.91 Å². The summed E-state index contributed by atoms with van der Waals surface area (Å²) in [6.45, 7) is 3.84. The van der Waals surface area contributed by atoms with Crippen LogP contribution in [0.4, 0.5) is 4.79 Å². The standard InChI is InChI=1S/C20H26ClN3O3/c1-3-16(14-5-4-6-15(21)11-14)22-17(25)12-24-18(26)20(23-19(24)27)9-7-13(2)8-10-20/h4-6,11,13,16H,3,7-10,12H2,1-2H3,(H,22,25)(H,23,27). The normalized spacial score (nSPS) is 26.2. The Hall–Kier alpha value is -2.08. The molecule has 1 unspecified atom stereocenters. The SMILES string of the molecule is CCC(NC(=O)CN1C(=O)NC2(CCC(C)CC2)C1=O)c1cccc(Cl)c1. The molecule has 1 aromatic carbocycles. The fourth-order valence-corrected chi connectivity index (χ4v) is 4.14. The Balaban J connectivity index is 1.65. The highest BCUT2D eigenvalue weighted by Crippen LogP contribution is 2.36. The molecule has 4 amide bonds. The molecule has 1 saturated heterocycles. The van der Waals surface area contributed by atoms with Gasteiger partial charge in [-0.2, -0.15) is 0 Å². The number of halogens is 1. The Labute approximate surface area is 164 Å². The Morgan fingerprint density at radius 2 is 2.07 bits per heavy atom. The van der Waals surface area contributed by atoms with E-state index >= 15 is 0 Å². The minimum Gasteiger partial charge on any atom is -0.348 e. The summed E-state index contributed by atoms with van der Waals surface area (Å²) in [5, 5.41) is 6.35. The summed E-state index contributed by atoms with van der Waals surface area (Å²) in [5.74, 6) is -0.0717. The number of amides is 4. The summed E-state index contributed by atoms with van der Waals surface area (Å²) >= 11 is 6.03. The van der Waals surface area contributed by atoms with Crippen molar-refractivity contribution in [2.75, 3.05) is 6.54 Å². The fourth-order valence-electron chi connectivity index (χ4n) is 3.94. The lowest BCUT2D eigenvalue weighted by Crippen LogP contribution is -2.50. The molecule has 1 spiro atoms. The van der Waals surface area contributed by atoms with Crippen molar-refractivity contribution < 1.29 is 14.4 Å². The number of imide groups is 1. The molecule has 1 atom stereocenters. The van der Waals surface area contributed by atoms with Gasteiger partial charge in [-0.05, 0) is 55.7 Å². The van der Waals surface area contributed by atoms with Crippen molar-refractivity contribution in [1.82, 2.24) is 15.5 Å². The van der Waals surface area contributed by atoms with Crippen LogP contribution in [0.5, 0.6) is 0 Å². The lowest BCUT2D eigenvalue weighted by Gasteiger charge is -2.33. The van der Waals surface area contributed by atoms with Gasteiger partial charge >= 0.3 is 6.03 Å². The summed E-state index contributed by atoms with van der Waals surface area (Å²) in [4.78, 5) is 38.8. The quantitative estimate of drug-likeness (QED) is 0.755. The molecule has 3 rings (SSSR count). The maximum atomic E-state index is 12.9. The van der Waals surface area contributed by atoms with Crippen LogP contribution in [0.25, 0.3) is 0 Å². The van der Waals surface area contributed by atoms with Crippen LogP contribution in [0.1, 0.15) is 57.6 Å². The molecule has 2 fully saturated rings. The van der Waals surface area contributed by atoms with E-state index in [9.17, 15) is 14.4 Å². The van der Waals surface area contributed by atoms with Crippen molar-refractivity contribution in [2.24, 2.45) is 5.92 Å². The van der Waals surface area contributed by atoms with Gasteiger partial charge in [0.2, 0.25) is 5.91 Å². The fraction of sp³-hybridized carbons (Fsp3) is 0.550. The molecule has 2 N–H and O–H groups in total. The smallest absolute Gasteiger partial charge is 0.325 e. The van der Waals surface area contributed by atoms with Crippen molar-refractivity contribution in [1.29, 1.82) is 0 Å². The maximum Gasteiger partial charge on any atom is 0.325 e. The molecule has 27 heavy (non-hydrogen) atoms. The molecule has 2 aliphatic rings. The monoisotopic (exact) mass is 391 g/mol. The van der Waals surface area contributed by atoms with Crippen LogP contribution in [0.15, 0.2) is 24.3 Å². The van der Waals surface area contributed by atoms with E-state index in [0.717, 1.165) is 23.3 Å². The van der Waals surface area contributed by atoms with E-state index in [0.29, 0.717) is 30.2 Å². The highest BCUT2D eigenvalue weighted by Gasteiger charge is 2.52. The van der Waals surface area contributed by atoms with Gasteiger partial charge in [-0.3, -0.25) is 14.5 Å². The molecule has 7 heteroatoms. The summed E-state index contributed by atoms with van der Waals surface area (Å²) in [6.07, 6.45) is 3.75. The number of nitrogens with zero attached hydrogens (tertiary/aromatic N) is 1. The maximum absolute atomic E-state index is 12.9. The van der Waals surface area contributed by atoms with Gasteiger partial charge in [-0.15, -0.1) is 0 Å². The average Bonchev–Trinajstić information content (AvgIpc) is 2.86. The number of rotatable bonds is 5. The Morgan fingerprint density at radius 1 is 1.37 bits per heavy atom. The Kier molecular flexibility index (Phi) is 5.75. The zero-order chi connectivity index (χ0) is 19.6. The summed E-state index contributed by atoms with van der Waals surface area (Å²) < 4.78 is 0. The van der Waals surface area contributed by atoms with Crippen LogP contribution in [0.2, 0.25) is 5.02 Å². The molecule has 1 heterocycles. The molecular weight excluding hydrogens is 366 g/mol. The lowest BCUT2D eigenvalue weighted by atomic mass is 9.77. The minimum atomic E-state index is -0.818. The number of benzene rings is 1. The molecule has 1 aliphatic carbocycles. The molecule has 1 aliphatic heterocycles. The van der Waals surface area contributed by atoms with Gasteiger partial charge in [0.05, 0.1) is 6.04 Å². The predicted octanol–water partition coefficient (Wildman–Crippen LogP) is 3.41. The predicted molar refractivity (Wildman–Crippen MR) is 103 cm³/mol. The molecule has 0 bridgehead atoms. The molecule has 1 aromatic rings. The van der Waals surface area contributed by atoms with Crippen LogP contribution in [0, 0.1) is 5.92 Å². The minimum absolute atomic E-state index is 0.221. The number of hydrogen-bond acceptors (Lipinski definition) is 3. The third-order valence-electron chi connectivity index (χ3n) is 5.67. The third-order valence-corrected chi connectivity index (χ3v) is 5.91. The molecule has 6 nitrogen and oxygen atoms in total. The van der Waals surface area contributed by atoms with Gasteiger partial charge in [-0.25, -0.2) is 4.79 Å². The number of nitrogens with one attached hydrogen (secondary N) is 2. The molecule has 0 aromatic heterocycles. The second kappa shape index (κ2) is 7.89. The average molecular weight is 392 g/mol. The molecule has 1 saturated carbocycles. The first-order chi connectivity index (χ1) is 12.8. The van der Waals surface area contributed by atoms with Crippen LogP contribution in [0.3, 0.4) is 0 Å². The van der Waals surface area contributed by atoms with Crippen LogP contribution >= 0.6 is 11.6 Å². The third kappa shape index (κ3) is 4.10. The van der Waals surface area contributed by atoms with E-state index < -0.39 is 11.6 Å². The van der Waals surface area contributed by atoms with Crippen molar-refractivity contribution in [2.45, 2.75) is 57.5 Å². The van der Waals surface area contributed by atoms with E-state index in [1.165, 1.54) is 0 Å². The van der Waals surface area contributed by atoms with Gasteiger partial charge in [0, 0.05) is 5.02 Å². The van der Waals surface area contributed by atoms with E-state index in [4.69, 9.17) is 11.6 Å². The summed E-state index contributed by atoms with van der Waals surface area (Å²) in [5.41, 5.74) is 0.0781. The highest BCUT2D eigenvalue weighted by molar-refractivity contribution is 6.30. The second-order valence-electron chi connectivity index (χ2n) is 7.67. The van der Waals surface area contributed by atoms with Crippen molar-refractivity contribution in [3.8, 4) is 0 Å². The lowest BCUT2D eigenvalue weighted by molar-refractivity contribution is -0.136. The number of hydrogen-bond donors (Lipinski definition) is 2. The van der Waals surface area contributed by atoms with Gasteiger partial charge < -0.3 is 10.6 Å². The van der Waals surface area contributed by atoms with E-state index in [2.05, 4.69) is 17.6 Å². The Bertz CT molecular complexity index is 744. The topological polar surface area (TPSA) is 78.5 Å². The number of carbonyl (C=O) groups excluding carboxylic acids is 3. The first kappa shape index (κ1) is 19.7. The van der Waals surface area contributed by atoms with E-state index in [-0.39, 0.29) is 24.4 Å². The number of carbonyl (C=O) groups is 3. The summed E-state index contributed by atoms with van der Waals surface area (Å²) in [7, 11) is 0. The largest absolute Gasteiger partial charge is 0.348 e. The highest BCUT2D eigenvalue weighted by atomic mass is 35.5. The van der Waals surface area contributed by atoms with Crippen LogP contribution < -0.4 is 10.6 Å². The summed E-state index contributed by atoms with van der Waals surface area (Å²) in [6, 6.07) is 6.62.